The van der Waals surface area contributed by atoms with E-state index in [2.05, 4.69) is 0 Å². The van der Waals surface area contributed by atoms with Gasteiger partial charge in [-0.2, -0.15) is 0 Å². The molecule has 9 unspecified atom stereocenters. The Kier molecular flexibility index (Phi) is 13.5. The van der Waals surface area contributed by atoms with Crippen LogP contribution in [0.5, 0.6) is 0 Å². The Balaban J connectivity index is 2.22. The topological polar surface area (TPSA) is 223 Å². The summed E-state index contributed by atoms with van der Waals surface area (Å²) in [5.74, 6) is -12.0. The van der Waals surface area contributed by atoms with E-state index in [0.717, 1.165) is 24.3 Å². The molecule has 3 rings (SSSR count). The number of Topliss-reactive ketones (excluding diaryl/α,β-unsaturated/α-hetero) is 3. The van der Waals surface area contributed by atoms with E-state index in [1.54, 1.807) is 0 Å². The SMILES string of the molecule is CC1CCC(=O)CC(C2(C3CC(=O)CCC(C)OC(=O)C=CC(O)C(C)OC3=O)C(=O)CC(C)OC2=O)C(=O)OC(C)C(O)C=CC(=O)O1. The van der Waals surface area contributed by atoms with Crippen LogP contribution in [0.15, 0.2) is 24.3 Å². The molecule has 9 atom stereocenters. The summed E-state index contributed by atoms with van der Waals surface area (Å²) < 4.78 is 26.9. The van der Waals surface area contributed by atoms with Crippen LogP contribution in [0.4, 0.5) is 0 Å². The molecule has 0 radical (unpaired) electrons. The number of cyclic esters (lactones) is 5. The highest BCUT2D eigenvalue weighted by molar-refractivity contribution is 6.13. The number of rotatable bonds is 2. The molecule has 1 fully saturated rings. The van der Waals surface area contributed by atoms with Crippen molar-refractivity contribution in [2.45, 2.75) is 122 Å². The standard InChI is InChI=1S/C34H44O15/c1-17-6-8-22(35)15-24(31(42)48-20(4)26(37)10-12-29(40)45-17)34(28(39)14-19(3)47-33(34)44)25-16-23(36)9-7-18(2)46-30(41)13-11-27(38)21(5)49-32(25)43/h10-13,17-21,24-27,37-38H,6-9,14-16H2,1-5H3. The van der Waals surface area contributed by atoms with E-state index in [9.17, 15) is 48.6 Å². The Hall–Kier alpha value is -4.24. The van der Waals surface area contributed by atoms with Gasteiger partial charge in [-0.3, -0.25) is 28.8 Å². The lowest BCUT2D eigenvalue weighted by atomic mass is 9.59. The van der Waals surface area contributed by atoms with E-state index in [4.69, 9.17) is 23.7 Å². The maximum absolute atomic E-state index is 14.3. The number of carbonyl (C=O) groups is 8. The molecule has 0 spiro atoms. The van der Waals surface area contributed by atoms with Crippen molar-refractivity contribution < 1.29 is 72.3 Å². The molecule has 1 saturated heterocycles. The number of hydrogen-bond acceptors (Lipinski definition) is 15. The van der Waals surface area contributed by atoms with E-state index in [0.29, 0.717) is 0 Å². The lowest BCUT2D eigenvalue weighted by Gasteiger charge is -2.44. The minimum Gasteiger partial charge on any atom is -0.461 e. The largest absolute Gasteiger partial charge is 0.461 e. The number of aliphatic hydroxyl groups is 2. The fourth-order valence-electron chi connectivity index (χ4n) is 5.96. The molecule has 0 aliphatic carbocycles. The van der Waals surface area contributed by atoms with Crippen LogP contribution in [0.25, 0.3) is 0 Å². The van der Waals surface area contributed by atoms with Gasteiger partial charge in [0, 0.05) is 44.3 Å². The molecular formula is C34H44O15. The second-order valence-electron chi connectivity index (χ2n) is 12.9. The molecule has 0 aromatic heterocycles. The van der Waals surface area contributed by atoms with Crippen LogP contribution in [0.3, 0.4) is 0 Å². The van der Waals surface area contributed by atoms with Crippen LogP contribution in [0.1, 0.15) is 79.6 Å². The van der Waals surface area contributed by atoms with Gasteiger partial charge in [0.25, 0.3) is 0 Å². The molecule has 0 aromatic rings. The molecule has 15 nitrogen and oxygen atoms in total. The van der Waals surface area contributed by atoms with E-state index in [1.165, 1.54) is 34.6 Å². The molecule has 3 aliphatic rings. The Morgan fingerprint density at radius 3 is 1.37 bits per heavy atom. The van der Waals surface area contributed by atoms with E-state index >= 15 is 0 Å². The summed E-state index contributed by atoms with van der Waals surface area (Å²) in [6, 6.07) is 0. The summed E-state index contributed by atoms with van der Waals surface area (Å²) in [5.41, 5.74) is -2.81. The van der Waals surface area contributed by atoms with E-state index in [-0.39, 0.29) is 25.7 Å². The second kappa shape index (κ2) is 16.9. The molecule has 0 saturated carbocycles. The van der Waals surface area contributed by atoms with Gasteiger partial charge in [0.15, 0.2) is 11.2 Å². The molecule has 2 N–H and O–H groups in total. The number of carbonyl (C=O) groups excluding carboxylic acids is 8. The van der Waals surface area contributed by atoms with Gasteiger partial charge in [0.2, 0.25) is 0 Å². The predicted octanol–water partition coefficient (Wildman–Crippen LogP) is 1.18. The van der Waals surface area contributed by atoms with Crippen LogP contribution in [0, 0.1) is 17.3 Å². The Morgan fingerprint density at radius 1 is 0.571 bits per heavy atom. The fourth-order valence-corrected chi connectivity index (χ4v) is 5.96. The molecule has 15 heteroatoms. The van der Waals surface area contributed by atoms with Gasteiger partial charge >= 0.3 is 29.8 Å². The highest BCUT2D eigenvalue weighted by atomic mass is 16.6. The average molecular weight is 693 g/mol. The number of ether oxygens (including phenoxy) is 5. The molecule has 0 amide bonds. The lowest BCUT2D eigenvalue weighted by molar-refractivity contribution is -0.198. The van der Waals surface area contributed by atoms with Gasteiger partial charge in [-0.15, -0.1) is 0 Å². The van der Waals surface area contributed by atoms with Crippen molar-refractivity contribution in [1.29, 1.82) is 0 Å². The van der Waals surface area contributed by atoms with Crippen molar-refractivity contribution in [2.75, 3.05) is 0 Å². The Morgan fingerprint density at radius 2 is 0.980 bits per heavy atom. The number of aliphatic hydroxyl groups excluding tert-OH is 2. The van der Waals surface area contributed by atoms with Crippen LogP contribution in [-0.4, -0.2) is 100 Å². The van der Waals surface area contributed by atoms with Crippen LogP contribution < -0.4 is 0 Å². The predicted molar refractivity (Wildman–Crippen MR) is 165 cm³/mol. The molecule has 3 aliphatic heterocycles. The first-order chi connectivity index (χ1) is 22.9. The first-order valence-electron chi connectivity index (χ1n) is 16.3. The molecule has 270 valence electrons. The summed E-state index contributed by atoms with van der Waals surface area (Å²) in [5, 5.41) is 21.2. The highest BCUT2D eigenvalue weighted by Gasteiger charge is 2.66. The molecule has 3 heterocycles. The molecular weight excluding hydrogens is 648 g/mol. The van der Waals surface area contributed by atoms with E-state index in [1.807, 2.05) is 0 Å². The maximum Gasteiger partial charge on any atom is 0.330 e. The molecule has 0 bridgehead atoms. The van der Waals surface area contributed by atoms with Gasteiger partial charge < -0.3 is 33.9 Å². The van der Waals surface area contributed by atoms with Gasteiger partial charge in [-0.25, -0.2) is 9.59 Å². The zero-order chi connectivity index (χ0) is 36.6. The zero-order valence-corrected chi connectivity index (χ0v) is 28.2. The van der Waals surface area contributed by atoms with Crippen LogP contribution >= 0.6 is 0 Å². The fraction of sp³-hybridized carbons (Fsp3) is 0.647. The third-order valence-electron chi connectivity index (χ3n) is 8.83. The zero-order valence-electron chi connectivity index (χ0n) is 28.2. The third kappa shape index (κ3) is 9.91. The number of esters is 5. The average Bonchev–Trinajstić information content (AvgIpc) is 3.01. The van der Waals surface area contributed by atoms with Gasteiger partial charge in [-0.1, -0.05) is 0 Å². The smallest absolute Gasteiger partial charge is 0.330 e. The monoisotopic (exact) mass is 692 g/mol. The quantitative estimate of drug-likeness (QED) is 0.236. The third-order valence-corrected chi connectivity index (χ3v) is 8.83. The Bertz CT molecular complexity index is 1280. The van der Waals surface area contributed by atoms with Crippen molar-refractivity contribution in [3.8, 4) is 0 Å². The number of hydrogen-bond donors (Lipinski definition) is 2. The summed E-state index contributed by atoms with van der Waals surface area (Å²) in [6.07, 6.45) is -7.40. The van der Waals surface area contributed by atoms with Crippen molar-refractivity contribution >= 4 is 47.2 Å². The normalized spacial score (nSPS) is 36.8. The van der Waals surface area contributed by atoms with Crippen molar-refractivity contribution in [2.24, 2.45) is 17.3 Å². The summed E-state index contributed by atoms with van der Waals surface area (Å²) in [4.78, 5) is 108. The lowest BCUT2D eigenvalue weighted by Crippen LogP contribution is -2.61. The summed E-state index contributed by atoms with van der Waals surface area (Å²) >= 11 is 0. The summed E-state index contributed by atoms with van der Waals surface area (Å²) in [6.45, 7) is 6.96. The van der Waals surface area contributed by atoms with Gasteiger partial charge in [-0.05, 0) is 59.6 Å². The highest BCUT2D eigenvalue weighted by Crippen LogP contribution is 2.48. The summed E-state index contributed by atoms with van der Waals surface area (Å²) in [7, 11) is 0. The van der Waals surface area contributed by atoms with Crippen molar-refractivity contribution in [1.82, 2.24) is 0 Å². The van der Waals surface area contributed by atoms with Crippen molar-refractivity contribution in [3.05, 3.63) is 24.3 Å². The Labute approximate surface area is 283 Å². The van der Waals surface area contributed by atoms with Gasteiger partial charge in [0.1, 0.15) is 42.1 Å². The van der Waals surface area contributed by atoms with Crippen LogP contribution in [0.2, 0.25) is 0 Å². The minimum absolute atomic E-state index is 0.0167. The first-order valence-corrected chi connectivity index (χ1v) is 16.3. The number of ketones is 3. The maximum atomic E-state index is 14.3. The van der Waals surface area contributed by atoms with Crippen LogP contribution in [-0.2, 0) is 62.0 Å². The minimum atomic E-state index is -2.81. The second-order valence-corrected chi connectivity index (χ2v) is 12.9. The van der Waals surface area contributed by atoms with Crippen molar-refractivity contribution in [3.63, 3.8) is 0 Å². The van der Waals surface area contributed by atoms with Gasteiger partial charge in [0.05, 0.1) is 24.0 Å². The van der Waals surface area contributed by atoms with E-state index < -0.39 is 126 Å². The molecule has 49 heavy (non-hydrogen) atoms. The molecule has 0 aromatic carbocycles. The first kappa shape index (κ1) is 39.2.